The molecule has 0 heterocycles. The van der Waals surface area contributed by atoms with Gasteiger partial charge >= 0.3 is 0 Å². The predicted octanol–water partition coefficient (Wildman–Crippen LogP) is 2.94. The summed E-state index contributed by atoms with van der Waals surface area (Å²) < 4.78 is 0.769. The maximum Gasteiger partial charge on any atom is 0.156 e. The van der Waals surface area contributed by atoms with Crippen LogP contribution in [0.4, 0.5) is 0 Å². The molecule has 68 valence electrons. The first-order valence-electron chi connectivity index (χ1n) is 3.77. The number of benzene rings is 1. The number of carbonyl (C=O) groups is 1. The molecule has 0 bridgehead atoms. The van der Waals surface area contributed by atoms with Crippen molar-refractivity contribution < 1.29 is 9.90 Å². The SMILES string of the molecule is CC(=O)/C=C(\O)c1ccccc1Br. The molecule has 0 radical (unpaired) electrons. The van der Waals surface area contributed by atoms with E-state index in [0.717, 1.165) is 4.47 Å². The summed E-state index contributed by atoms with van der Waals surface area (Å²) in [5.74, 6) is -0.187. The van der Waals surface area contributed by atoms with Crippen LogP contribution < -0.4 is 0 Å². The molecule has 1 N–H and O–H groups in total. The van der Waals surface area contributed by atoms with Crippen LogP contribution in [0.5, 0.6) is 0 Å². The number of halogens is 1. The van der Waals surface area contributed by atoms with E-state index in [1.165, 1.54) is 13.0 Å². The number of hydrogen-bond donors (Lipinski definition) is 1. The van der Waals surface area contributed by atoms with E-state index in [1.54, 1.807) is 18.2 Å². The fraction of sp³-hybridized carbons (Fsp3) is 0.100. The Bertz CT molecular complexity index is 356. The number of ketones is 1. The molecular weight excluding hydrogens is 232 g/mol. The molecular formula is C10H9BrO2. The molecule has 13 heavy (non-hydrogen) atoms. The van der Waals surface area contributed by atoms with Crippen molar-refractivity contribution in [1.82, 2.24) is 0 Å². The molecule has 0 amide bonds. The minimum atomic E-state index is -0.173. The Morgan fingerprint density at radius 2 is 2.08 bits per heavy atom. The van der Waals surface area contributed by atoms with Gasteiger partial charge in [-0.3, -0.25) is 4.79 Å². The van der Waals surface area contributed by atoms with Crippen LogP contribution in [0.3, 0.4) is 0 Å². The lowest BCUT2D eigenvalue weighted by molar-refractivity contribution is -0.112. The topological polar surface area (TPSA) is 37.3 Å². The molecule has 0 aromatic heterocycles. The summed E-state index contributed by atoms with van der Waals surface area (Å²) in [7, 11) is 0. The van der Waals surface area contributed by atoms with Crippen molar-refractivity contribution in [2.24, 2.45) is 0 Å². The van der Waals surface area contributed by atoms with Crippen LogP contribution in [0.25, 0.3) is 5.76 Å². The molecule has 1 aromatic carbocycles. The van der Waals surface area contributed by atoms with E-state index in [2.05, 4.69) is 15.9 Å². The smallest absolute Gasteiger partial charge is 0.156 e. The van der Waals surface area contributed by atoms with Crippen LogP contribution in [-0.2, 0) is 4.79 Å². The number of carbonyl (C=O) groups excluding carboxylic acids is 1. The Balaban J connectivity index is 3.08. The van der Waals surface area contributed by atoms with E-state index >= 15 is 0 Å². The predicted molar refractivity (Wildman–Crippen MR) is 55.4 cm³/mol. The normalized spacial score (nSPS) is 11.4. The van der Waals surface area contributed by atoms with Crippen molar-refractivity contribution in [1.29, 1.82) is 0 Å². The van der Waals surface area contributed by atoms with E-state index in [4.69, 9.17) is 0 Å². The van der Waals surface area contributed by atoms with Gasteiger partial charge in [-0.1, -0.05) is 34.1 Å². The molecule has 0 spiro atoms. The Hall–Kier alpha value is -1.09. The van der Waals surface area contributed by atoms with E-state index in [9.17, 15) is 9.90 Å². The summed E-state index contributed by atoms with van der Waals surface area (Å²) in [4.78, 5) is 10.7. The van der Waals surface area contributed by atoms with E-state index in [0.29, 0.717) is 5.56 Å². The fourth-order valence-electron chi connectivity index (χ4n) is 0.939. The van der Waals surface area contributed by atoms with Gasteiger partial charge in [0.2, 0.25) is 0 Å². The third kappa shape index (κ3) is 2.70. The molecule has 2 nitrogen and oxygen atoms in total. The summed E-state index contributed by atoms with van der Waals surface area (Å²) >= 11 is 3.27. The van der Waals surface area contributed by atoms with Crippen LogP contribution in [-0.4, -0.2) is 10.9 Å². The van der Waals surface area contributed by atoms with E-state index in [-0.39, 0.29) is 11.5 Å². The van der Waals surface area contributed by atoms with Crippen molar-refractivity contribution in [3.63, 3.8) is 0 Å². The van der Waals surface area contributed by atoms with Gasteiger partial charge in [-0.15, -0.1) is 0 Å². The highest BCUT2D eigenvalue weighted by molar-refractivity contribution is 9.10. The number of aliphatic hydroxyl groups excluding tert-OH is 1. The minimum Gasteiger partial charge on any atom is -0.507 e. The third-order valence-electron chi connectivity index (χ3n) is 1.49. The van der Waals surface area contributed by atoms with Crippen LogP contribution >= 0.6 is 15.9 Å². The quantitative estimate of drug-likeness (QED) is 0.638. The first kappa shape index (κ1) is 9.99. The highest BCUT2D eigenvalue weighted by atomic mass is 79.9. The Morgan fingerprint density at radius 1 is 1.46 bits per heavy atom. The van der Waals surface area contributed by atoms with E-state index < -0.39 is 0 Å². The monoisotopic (exact) mass is 240 g/mol. The van der Waals surface area contributed by atoms with Crippen molar-refractivity contribution in [3.05, 3.63) is 40.4 Å². The summed E-state index contributed by atoms with van der Waals surface area (Å²) in [5.41, 5.74) is 0.623. The van der Waals surface area contributed by atoms with E-state index in [1.807, 2.05) is 6.07 Å². The molecule has 1 aromatic rings. The number of aliphatic hydroxyl groups is 1. The van der Waals surface area contributed by atoms with Gasteiger partial charge in [0.15, 0.2) is 5.78 Å². The van der Waals surface area contributed by atoms with Crippen LogP contribution in [0.2, 0.25) is 0 Å². The lowest BCUT2D eigenvalue weighted by Gasteiger charge is -2.01. The molecule has 0 atom stereocenters. The first-order chi connectivity index (χ1) is 6.11. The number of allylic oxidation sites excluding steroid dienone is 1. The summed E-state index contributed by atoms with van der Waals surface area (Å²) in [6, 6.07) is 7.18. The minimum absolute atomic E-state index is 0.0139. The lowest BCUT2D eigenvalue weighted by atomic mass is 10.1. The third-order valence-corrected chi connectivity index (χ3v) is 2.18. The average molecular weight is 241 g/mol. The Labute approximate surface area is 85.0 Å². The van der Waals surface area contributed by atoms with Crippen LogP contribution in [0, 0.1) is 0 Å². The zero-order chi connectivity index (χ0) is 9.84. The Kier molecular flexibility index (Phi) is 3.25. The molecule has 0 unspecified atom stereocenters. The van der Waals surface area contributed by atoms with Gasteiger partial charge in [0, 0.05) is 16.1 Å². The van der Waals surface area contributed by atoms with Crippen LogP contribution in [0.15, 0.2) is 34.8 Å². The Morgan fingerprint density at radius 3 is 2.62 bits per heavy atom. The lowest BCUT2D eigenvalue weighted by Crippen LogP contribution is -1.89. The standard InChI is InChI=1S/C10H9BrO2/c1-7(12)6-10(13)8-4-2-3-5-9(8)11/h2-6,13H,1H3/b10-6-. The maximum absolute atomic E-state index is 10.7. The molecule has 0 fully saturated rings. The summed E-state index contributed by atoms with van der Waals surface area (Å²) in [6.07, 6.45) is 1.19. The fourth-order valence-corrected chi connectivity index (χ4v) is 1.43. The summed E-state index contributed by atoms with van der Waals surface area (Å²) in [6.45, 7) is 1.40. The average Bonchev–Trinajstić information content (AvgIpc) is 2.03. The zero-order valence-corrected chi connectivity index (χ0v) is 8.71. The van der Waals surface area contributed by atoms with Gasteiger partial charge < -0.3 is 5.11 Å². The van der Waals surface area contributed by atoms with Crippen molar-refractivity contribution in [3.8, 4) is 0 Å². The van der Waals surface area contributed by atoms with Gasteiger partial charge in [-0.25, -0.2) is 0 Å². The number of rotatable bonds is 2. The molecule has 3 heteroatoms. The second kappa shape index (κ2) is 4.23. The second-order valence-electron chi connectivity index (χ2n) is 2.62. The highest BCUT2D eigenvalue weighted by Gasteiger charge is 2.03. The molecule has 0 aliphatic carbocycles. The number of hydrogen-bond acceptors (Lipinski definition) is 2. The van der Waals surface area contributed by atoms with Gasteiger partial charge in [0.1, 0.15) is 5.76 Å². The maximum atomic E-state index is 10.7. The van der Waals surface area contributed by atoms with Gasteiger partial charge in [-0.2, -0.15) is 0 Å². The van der Waals surface area contributed by atoms with Crippen molar-refractivity contribution in [2.75, 3.05) is 0 Å². The van der Waals surface area contributed by atoms with Gasteiger partial charge in [0.05, 0.1) is 0 Å². The van der Waals surface area contributed by atoms with Crippen LogP contribution in [0.1, 0.15) is 12.5 Å². The second-order valence-corrected chi connectivity index (χ2v) is 3.47. The highest BCUT2D eigenvalue weighted by Crippen LogP contribution is 2.21. The molecule has 0 saturated heterocycles. The van der Waals surface area contributed by atoms with Crippen molar-refractivity contribution in [2.45, 2.75) is 6.92 Å². The van der Waals surface area contributed by atoms with Gasteiger partial charge in [-0.05, 0) is 13.0 Å². The first-order valence-corrected chi connectivity index (χ1v) is 4.56. The molecule has 1 rings (SSSR count). The molecule has 0 aliphatic heterocycles. The molecule has 0 aliphatic rings. The largest absolute Gasteiger partial charge is 0.507 e. The zero-order valence-electron chi connectivity index (χ0n) is 7.12. The van der Waals surface area contributed by atoms with Crippen molar-refractivity contribution >= 4 is 27.5 Å². The molecule has 0 saturated carbocycles. The summed E-state index contributed by atoms with van der Waals surface area (Å²) in [5, 5.41) is 9.48. The van der Waals surface area contributed by atoms with Gasteiger partial charge in [0.25, 0.3) is 0 Å².